The van der Waals surface area contributed by atoms with Crippen LogP contribution in [0.2, 0.25) is 0 Å². The monoisotopic (exact) mass is 174 g/mol. The van der Waals surface area contributed by atoms with Gasteiger partial charge in [-0.15, -0.1) is 0 Å². The lowest BCUT2D eigenvalue weighted by atomic mass is 10.0. The Labute approximate surface area is 81.0 Å². The van der Waals surface area contributed by atoms with E-state index in [0.717, 1.165) is 5.92 Å². The second-order valence-electron chi connectivity index (χ2n) is 4.40. The molecule has 0 spiro atoms. The Morgan fingerprint density at radius 3 is 2.69 bits per heavy atom. The van der Waals surface area contributed by atoms with Crippen molar-refractivity contribution in [2.24, 2.45) is 5.92 Å². The van der Waals surface area contributed by atoms with Gasteiger partial charge in [-0.3, -0.25) is 0 Å². The molecular formula is C13H18. The van der Waals surface area contributed by atoms with Crippen molar-refractivity contribution in [3.8, 4) is 0 Å². The molecule has 0 aromatic heterocycles. The maximum Gasteiger partial charge on any atom is -0.0242 e. The fourth-order valence-electron chi connectivity index (χ4n) is 2.52. The fraction of sp³-hybridized carbons (Fsp3) is 0.538. The van der Waals surface area contributed by atoms with E-state index >= 15 is 0 Å². The van der Waals surface area contributed by atoms with E-state index in [4.69, 9.17) is 0 Å². The Hall–Kier alpha value is -0.780. The fourth-order valence-corrected chi connectivity index (χ4v) is 2.52. The molecule has 1 aliphatic rings. The molecule has 0 saturated heterocycles. The van der Waals surface area contributed by atoms with Crippen LogP contribution in [0.4, 0.5) is 0 Å². The summed E-state index contributed by atoms with van der Waals surface area (Å²) in [5.41, 5.74) is 6.18. The van der Waals surface area contributed by atoms with Crippen molar-refractivity contribution in [1.29, 1.82) is 0 Å². The van der Waals surface area contributed by atoms with E-state index < -0.39 is 0 Å². The summed E-state index contributed by atoms with van der Waals surface area (Å²) >= 11 is 0. The summed E-state index contributed by atoms with van der Waals surface area (Å²) in [7, 11) is 0. The molecule has 0 fully saturated rings. The average molecular weight is 174 g/mol. The first-order valence-electron chi connectivity index (χ1n) is 5.29. The second-order valence-corrected chi connectivity index (χ2v) is 4.40. The van der Waals surface area contributed by atoms with Crippen molar-refractivity contribution in [3.63, 3.8) is 0 Å². The van der Waals surface area contributed by atoms with Gasteiger partial charge in [0.2, 0.25) is 0 Å². The van der Waals surface area contributed by atoms with Gasteiger partial charge in [0.15, 0.2) is 0 Å². The molecule has 2 rings (SSSR count). The van der Waals surface area contributed by atoms with Gasteiger partial charge in [0.25, 0.3) is 0 Å². The van der Waals surface area contributed by atoms with Crippen LogP contribution >= 0.6 is 0 Å². The zero-order valence-electron chi connectivity index (χ0n) is 8.85. The highest BCUT2D eigenvalue weighted by Gasteiger charge is 2.21. The first-order valence-corrected chi connectivity index (χ1v) is 5.29. The van der Waals surface area contributed by atoms with Crippen molar-refractivity contribution in [1.82, 2.24) is 0 Å². The highest BCUT2D eigenvalue weighted by Crippen LogP contribution is 2.31. The minimum atomic E-state index is 0.912. The van der Waals surface area contributed by atoms with E-state index in [1.165, 1.54) is 30.4 Å². The summed E-state index contributed by atoms with van der Waals surface area (Å²) < 4.78 is 0. The van der Waals surface area contributed by atoms with Gasteiger partial charge in [0.1, 0.15) is 0 Å². The summed E-state index contributed by atoms with van der Waals surface area (Å²) in [6, 6.07) is 4.69. The molecule has 0 N–H and O–H groups in total. The molecule has 0 nitrogen and oxygen atoms in total. The molecule has 0 heteroatoms. The highest BCUT2D eigenvalue weighted by molar-refractivity contribution is 5.41. The van der Waals surface area contributed by atoms with E-state index in [1.807, 2.05) is 0 Å². The standard InChI is InChI=1S/C13H18/c1-4-11-7-12-6-9(2)5-10(3)13(12)8-11/h5-6,11H,4,7-8H2,1-3H3. The van der Waals surface area contributed by atoms with Crippen LogP contribution in [-0.4, -0.2) is 0 Å². The lowest BCUT2D eigenvalue weighted by Gasteiger charge is -2.04. The maximum atomic E-state index is 2.37. The van der Waals surface area contributed by atoms with E-state index in [-0.39, 0.29) is 0 Å². The van der Waals surface area contributed by atoms with Crippen LogP contribution < -0.4 is 0 Å². The third kappa shape index (κ3) is 1.50. The minimum absolute atomic E-state index is 0.912. The summed E-state index contributed by atoms with van der Waals surface area (Å²) in [5.74, 6) is 0.912. The summed E-state index contributed by atoms with van der Waals surface area (Å²) in [4.78, 5) is 0. The minimum Gasteiger partial charge on any atom is -0.0651 e. The largest absolute Gasteiger partial charge is 0.0651 e. The number of aryl methyl sites for hydroxylation is 2. The second kappa shape index (κ2) is 3.17. The van der Waals surface area contributed by atoms with Crippen LogP contribution in [0.5, 0.6) is 0 Å². The van der Waals surface area contributed by atoms with E-state index in [2.05, 4.69) is 32.9 Å². The molecule has 0 radical (unpaired) electrons. The SMILES string of the molecule is CCC1Cc2cc(C)cc(C)c2C1. The van der Waals surface area contributed by atoms with Gasteiger partial charge in [-0.25, -0.2) is 0 Å². The van der Waals surface area contributed by atoms with Crippen molar-refractivity contribution in [2.45, 2.75) is 40.0 Å². The molecule has 1 atom stereocenters. The zero-order chi connectivity index (χ0) is 9.42. The van der Waals surface area contributed by atoms with Crippen LogP contribution in [0, 0.1) is 19.8 Å². The van der Waals surface area contributed by atoms with Crippen molar-refractivity contribution in [2.75, 3.05) is 0 Å². The van der Waals surface area contributed by atoms with Gasteiger partial charge in [-0.05, 0) is 49.3 Å². The van der Waals surface area contributed by atoms with E-state index in [1.54, 1.807) is 11.1 Å². The first kappa shape index (κ1) is 8.80. The Bertz CT molecular complexity index is 323. The third-order valence-electron chi connectivity index (χ3n) is 3.29. The zero-order valence-corrected chi connectivity index (χ0v) is 8.85. The summed E-state index contributed by atoms with van der Waals surface area (Å²) in [6.45, 7) is 6.76. The van der Waals surface area contributed by atoms with Gasteiger partial charge in [-0.2, -0.15) is 0 Å². The van der Waals surface area contributed by atoms with Gasteiger partial charge in [0.05, 0.1) is 0 Å². The van der Waals surface area contributed by atoms with Crippen molar-refractivity contribution >= 4 is 0 Å². The van der Waals surface area contributed by atoms with Gasteiger partial charge in [-0.1, -0.05) is 31.0 Å². The lowest BCUT2D eigenvalue weighted by Crippen LogP contribution is -1.95. The predicted molar refractivity (Wildman–Crippen MR) is 57.1 cm³/mol. The molecule has 0 saturated carbocycles. The summed E-state index contributed by atoms with van der Waals surface area (Å²) in [6.07, 6.45) is 3.96. The first-order chi connectivity index (χ1) is 6.20. The molecule has 0 aliphatic heterocycles. The van der Waals surface area contributed by atoms with Crippen molar-refractivity contribution in [3.05, 3.63) is 34.4 Å². The topological polar surface area (TPSA) is 0 Å². The van der Waals surface area contributed by atoms with Crippen LogP contribution in [0.1, 0.15) is 35.6 Å². The Kier molecular flexibility index (Phi) is 2.15. The van der Waals surface area contributed by atoms with E-state index in [0.29, 0.717) is 0 Å². The molecular weight excluding hydrogens is 156 g/mol. The van der Waals surface area contributed by atoms with Crippen molar-refractivity contribution < 1.29 is 0 Å². The third-order valence-corrected chi connectivity index (χ3v) is 3.29. The highest BCUT2D eigenvalue weighted by atomic mass is 14.3. The normalized spacial score (nSPS) is 20.4. The number of benzene rings is 1. The van der Waals surface area contributed by atoms with Crippen LogP contribution in [-0.2, 0) is 12.8 Å². The van der Waals surface area contributed by atoms with Gasteiger partial charge < -0.3 is 0 Å². The lowest BCUT2D eigenvalue weighted by molar-refractivity contribution is 0.542. The summed E-state index contributed by atoms with van der Waals surface area (Å²) in [5, 5.41) is 0. The number of rotatable bonds is 1. The molecule has 0 amide bonds. The smallest absolute Gasteiger partial charge is 0.0242 e. The van der Waals surface area contributed by atoms with Crippen LogP contribution in [0.15, 0.2) is 12.1 Å². The van der Waals surface area contributed by atoms with Crippen LogP contribution in [0.3, 0.4) is 0 Å². The quantitative estimate of drug-likeness (QED) is 0.612. The number of fused-ring (bicyclic) bond motifs is 1. The van der Waals surface area contributed by atoms with E-state index in [9.17, 15) is 0 Å². The molecule has 0 bridgehead atoms. The maximum absolute atomic E-state index is 2.37. The van der Waals surface area contributed by atoms with Gasteiger partial charge >= 0.3 is 0 Å². The Morgan fingerprint density at radius 2 is 2.00 bits per heavy atom. The number of hydrogen-bond acceptors (Lipinski definition) is 0. The molecule has 13 heavy (non-hydrogen) atoms. The molecule has 0 heterocycles. The number of hydrogen-bond donors (Lipinski definition) is 0. The molecule has 1 unspecified atom stereocenters. The molecule has 70 valence electrons. The Balaban J connectivity index is 2.40. The van der Waals surface area contributed by atoms with Crippen LogP contribution in [0.25, 0.3) is 0 Å². The van der Waals surface area contributed by atoms with Gasteiger partial charge in [0, 0.05) is 0 Å². The molecule has 1 aromatic carbocycles. The molecule has 1 aromatic rings. The molecule has 1 aliphatic carbocycles. The predicted octanol–water partition coefficient (Wildman–Crippen LogP) is 3.43. The Morgan fingerprint density at radius 1 is 1.23 bits per heavy atom. The average Bonchev–Trinajstić information content (AvgIpc) is 2.47.